The van der Waals surface area contributed by atoms with Crippen molar-refractivity contribution in [2.24, 2.45) is 5.92 Å². The molecular formula is C16H24N2O2. The molecular weight excluding hydrogens is 252 g/mol. The van der Waals surface area contributed by atoms with Crippen LogP contribution < -0.4 is 10.2 Å². The van der Waals surface area contributed by atoms with Gasteiger partial charge in [0, 0.05) is 30.6 Å². The zero-order chi connectivity index (χ0) is 14.5. The molecule has 1 aromatic carbocycles. The number of benzene rings is 1. The van der Waals surface area contributed by atoms with Crippen molar-refractivity contribution in [3.8, 4) is 0 Å². The zero-order valence-corrected chi connectivity index (χ0v) is 12.6. The number of rotatable bonds is 5. The molecule has 1 aliphatic heterocycles. The number of hydrogen-bond donors (Lipinski definition) is 1. The molecule has 1 N–H and O–H groups in total. The highest BCUT2D eigenvalue weighted by Gasteiger charge is 2.23. The van der Waals surface area contributed by atoms with Crippen LogP contribution in [0.25, 0.3) is 0 Å². The monoisotopic (exact) mass is 276 g/mol. The van der Waals surface area contributed by atoms with Crippen molar-refractivity contribution in [3.63, 3.8) is 0 Å². The molecule has 1 aliphatic rings. The molecule has 1 saturated heterocycles. The van der Waals surface area contributed by atoms with Crippen LogP contribution >= 0.6 is 0 Å². The lowest BCUT2D eigenvalue weighted by molar-refractivity contribution is -0.119. The lowest BCUT2D eigenvalue weighted by Crippen LogP contribution is -2.30. The number of hydrogen-bond acceptors (Lipinski definition) is 3. The van der Waals surface area contributed by atoms with E-state index in [1.54, 1.807) is 0 Å². The van der Waals surface area contributed by atoms with Gasteiger partial charge < -0.3 is 15.0 Å². The van der Waals surface area contributed by atoms with Crippen LogP contribution in [0.15, 0.2) is 24.3 Å². The van der Waals surface area contributed by atoms with Crippen molar-refractivity contribution in [1.29, 1.82) is 0 Å². The molecule has 1 fully saturated rings. The Hall–Kier alpha value is -1.55. The molecule has 1 atom stereocenters. The van der Waals surface area contributed by atoms with Gasteiger partial charge in [0.1, 0.15) is 0 Å². The molecule has 0 bridgehead atoms. The summed E-state index contributed by atoms with van der Waals surface area (Å²) in [6.45, 7) is 8.72. The van der Waals surface area contributed by atoms with Gasteiger partial charge in [0.25, 0.3) is 0 Å². The Morgan fingerprint density at radius 2 is 2.10 bits per heavy atom. The molecule has 1 unspecified atom stereocenters. The maximum absolute atomic E-state index is 12.0. The normalized spacial score (nSPS) is 18.3. The smallest absolute Gasteiger partial charge is 0.229 e. The van der Waals surface area contributed by atoms with E-state index in [4.69, 9.17) is 4.74 Å². The first-order valence-corrected chi connectivity index (χ1v) is 7.37. The van der Waals surface area contributed by atoms with Crippen molar-refractivity contribution in [2.75, 3.05) is 30.0 Å². The molecule has 1 amide bonds. The van der Waals surface area contributed by atoms with Crippen LogP contribution in [0.1, 0.15) is 27.2 Å². The summed E-state index contributed by atoms with van der Waals surface area (Å²) >= 11 is 0. The van der Waals surface area contributed by atoms with Gasteiger partial charge in [-0.2, -0.15) is 0 Å². The van der Waals surface area contributed by atoms with Crippen LogP contribution in [0.3, 0.4) is 0 Å². The second-order valence-electron chi connectivity index (χ2n) is 5.48. The first-order chi connectivity index (χ1) is 9.61. The molecule has 4 heteroatoms. The largest absolute Gasteiger partial charge is 0.381 e. The fraction of sp³-hybridized carbons (Fsp3) is 0.562. The third-order valence-electron chi connectivity index (χ3n) is 3.73. The minimum atomic E-state index is -0.00233. The Balaban J connectivity index is 1.99. The number of ether oxygens (including phenoxy) is 1. The minimum Gasteiger partial charge on any atom is -0.381 e. The van der Waals surface area contributed by atoms with Crippen molar-refractivity contribution in [2.45, 2.75) is 33.2 Å². The van der Waals surface area contributed by atoms with Crippen molar-refractivity contribution < 1.29 is 9.53 Å². The third kappa shape index (κ3) is 3.51. The van der Waals surface area contributed by atoms with Crippen LogP contribution in [0.2, 0.25) is 0 Å². The molecule has 0 spiro atoms. The summed E-state index contributed by atoms with van der Waals surface area (Å²) in [6, 6.07) is 8.52. The number of nitrogens with one attached hydrogen (secondary N) is 1. The SMILES string of the molecule is CCN(c1ccc(NC(=O)C2CCOC2)cc1)C(C)C. The fourth-order valence-corrected chi connectivity index (χ4v) is 2.57. The standard InChI is InChI=1S/C16H24N2O2/c1-4-18(12(2)3)15-7-5-14(6-8-15)17-16(19)13-9-10-20-11-13/h5-8,12-13H,4,9-11H2,1-3H3,(H,17,19). The Kier molecular flexibility index (Phi) is 5.01. The minimum absolute atomic E-state index is 0.00233. The van der Waals surface area contributed by atoms with Crippen LogP contribution in [-0.4, -0.2) is 31.7 Å². The average Bonchev–Trinajstić information content (AvgIpc) is 2.95. The molecule has 1 heterocycles. The van der Waals surface area contributed by atoms with Crippen molar-refractivity contribution in [3.05, 3.63) is 24.3 Å². The predicted molar refractivity (Wildman–Crippen MR) is 82.2 cm³/mol. The maximum Gasteiger partial charge on any atom is 0.229 e. The van der Waals surface area contributed by atoms with Gasteiger partial charge in [-0.05, 0) is 51.5 Å². The summed E-state index contributed by atoms with van der Waals surface area (Å²) in [5.41, 5.74) is 2.04. The molecule has 0 radical (unpaired) electrons. The number of carbonyl (C=O) groups excluding carboxylic acids is 1. The Morgan fingerprint density at radius 3 is 2.60 bits per heavy atom. The summed E-state index contributed by atoms with van der Waals surface area (Å²) in [5.74, 6) is 0.0592. The number of nitrogens with zero attached hydrogens (tertiary/aromatic N) is 1. The van der Waals surface area contributed by atoms with Crippen molar-refractivity contribution in [1.82, 2.24) is 0 Å². The Morgan fingerprint density at radius 1 is 1.40 bits per heavy atom. The molecule has 0 aliphatic carbocycles. The van der Waals surface area contributed by atoms with Crippen LogP contribution in [0.4, 0.5) is 11.4 Å². The second kappa shape index (κ2) is 6.75. The molecule has 0 aromatic heterocycles. The third-order valence-corrected chi connectivity index (χ3v) is 3.73. The topological polar surface area (TPSA) is 41.6 Å². The van der Waals surface area contributed by atoms with Crippen molar-refractivity contribution >= 4 is 17.3 Å². The highest BCUT2D eigenvalue weighted by Crippen LogP contribution is 2.21. The maximum atomic E-state index is 12.0. The molecule has 4 nitrogen and oxygen atoms in total. The van der Waals surface area contributed by atoms with E-state index in [2.05, 4.69) is 43.1 Å². The quantitative estimate of drug-likeness (QED) is 0.899. The highest BCUT2D eigenvalue weighted by molar-refractivity contribution is 5.92. The summed E-state index contributed by atoms with van der Waals surface area (Å²) in [6.07, 6.45) is 0.820. The van der Waals surface area contributed by atoms with Gasteiger partial charge in [-0.25, -0.2) is 0 Å². The predicted octanol–water partition coefficient (Wildman–Crippen LogP) is 2.90. The average molecular weight is 276 g/mol. The fourth-order valence-electron chi connectivity index (χ4n) is 2.57. The van der Waals surface area contributed by atoms with E-state index >= 15 is 0 Å². The number of carbonyl (C=O) groups is 1. The molecule has 110 valence electrons. The first kappa shape index (κ1) is 14.9. The van der Waals surface area contributed by atoms with Gasteiger partial charge in [-0.3, -0.25) is 4.79 Å². The first-order valence-electron chi connectivity index (χ1n) is 7.37. The van der Waals surface area contributed by atoms with E-state index in [0.29, 0.717) is 19.3 Å². The van der Waals surface area contributed by atoms with E-state index < -0.39 is 0 Å². The molecule has 2 rings (SSSR count). The Labute approximate surface area is 121 Å². The van der Waals surface area contributed by atoms with Gasteiger partial charge in [-0.15, -0.1) is 0 Å². The summed E-state index contributed by atoms with van der Waals surface area (Å²) in [4.78, 5) is 14.3. The lowest BCUT2D eigenvalue weighted by Gasteiger charge is -2.27. The van der Waals surface area contributed by atoms with Crippen LogP contribution in [0.5, 0.6) is 0 Å². The molecule has 1 aromatic rings. The van der Waals surface area contributed by atoms with Gasteiger partial charge in [-0.1, -0.05) is 0 Å². The van der Waals surface area contributed by atoms with E-state index in [1.165, 1.54) is 5.69 Å². The summed E-state index contributed by atoms with van der Waals surface area (Å²) < 4.78 is 5.24. The zero-order valence-electron chi connectivity index (χ0n) is 12.6. The molecule has 20 heavy (non-hydrogen) atoms. The lowest BCUT2D eigenvalue weighted by atomic mass is 10.1. The van der Waals surface area contributed by atoms with E-state index in [0.717, 1.165) is 18.7 Å². The van der Waals surface area contributed by atoms with Gasteiger partial charge in [0.2, 0.25) is 5.91 Å². The van der Waals surface area contributed by atoms with Gasteiger partial charge in [0.15, 0.2) is 0 Å². The van der Waals surface area contributed by atoms with E-state index in [9.17, 15) is 4.79 Å². The summed E-state index contributed by atoms with van der Waals surface area (Å²) in [5, 5.41) is 2.96. The van der Waals surface area contributed by atoms with E-state index in [1.807, 2.05) is 12.1 Å². The number of amides is 1. The number of anilines is 2. The van der Waals surface area contributed by atoms with Gasteiger partial charge >= 0.3 is 0 Å². The summed E-state index contributed by atoms with van der Waals surface area (Å²) in [7, 11) is 0. The second-order valence-corrected chi connectivity index (χ2v) is 5.48. The highest BCUT2D eigenvalue weighted by atomic mass is 16.5. The van der Waals surface area contributed by atoms with Crippen LogP contribution in [0, 0.1) is 5.92 Å². The Bertz CT molecular complexity index is 436. The molecule has 0 saturated carbocycles. The van der Waals surface area contributed by atoms with Gasteiger partial charge in [0.05, 0.1) is 12.5 Å². The van der Waals surface area contributed by atoms with E-state index in [-0.39, 0.29) is 11.8 Å². The van der Waals surface area contributed by atoms with Crippen LogP contribution in [-0.2, 0) is 9.53 Å².